The van der Waals surface area contributed by atoms with Crippen LogP contribution in [0.25, 0.3) is 0 Å². The number of hydrogen-bond donors (Lipinski definition) is 0. The van der Waals surface area contributed by atoms with E-state index in [0.29, 0.717) is 12.1 Å². The van der Waals surface area contributed by atoms with Crippen molar-refractivity contribution in [1.82, 2.24) is 0 Å². The summed E-state index contributed by atoms with van der Waals surface area (Å²) in [5.41, 5.74) is -1.31. The predicted octanol–water partition coefficient (Wildman–Crippen LogP) is 4.26. The van der Waals surface area contributed by atoms with Crippen molar-refractivity contribution in [3.05, 3.63) is 28.8 Å². The van der Waals surface area contributed by atoms with E-state index in [1.807, 2.05) is 0 Å². The van der Waals surface area contributed by atoms with E-state index < -0.39 is 28.9 Å². The normalized spacial score (nSPS) is 12.7. The zero-order valence-electron chi connectivity index (χ0n) is 7.29. The van der Waals surface area contributed by atoms with Gasteiger partial charge in [-0.05, 0) is 18.2 Å². The van der Waals surface area contributed by atoms with E-state index >= 15 is 0 Å². The molecule has 0 aliphatic carbocycles. The molecule has 0 atom stereocenters. The van der Waals surface area contributed by atoms with Gasteiger partial charge in [0.2, 0.25) is 0 Å². The third-order valence-corrected chi connectivity index (χ3v) is 1.65. The minimum absolute atomic E-state index is 0.222. The van der Waals surface area contributed by atoms with Crippen molar-refractivity contribution >= 4 is 11.6 Å². The molecular weight excluding hydrogens is 262 g/mol. The van der Waals surface area contributed by atoms with Crippen LogP contribution in [0, 0.1) is 0 Å². The van der Waals surface area contributed by atoms with Gasteiger partial charge in [0.25, 0.3) is 0 Å². The minimum Gasteiger partial charge on any atom is -0.406 e. The number of rotatable bonds is 1. The molecule has 1 nitrogen and oxygen atoms in total. The lowest BCUT2D eigenvalue weighted by atomic mass is 10.2. The highest BCUT2D eigenvalue weighted by Crippen LogP contribution is 2.35. The molecule has 8 heteroatoms. The van der Waals surface area contributed by atoms with E-state index in [1.54, 1.807) is 0 Å². The summed E-state index contributed by atoms with van der Waals surface area (Å²) in [6.45, 7) is 0. The van der Waals surface area contributed by atoms with E-state index in [2.05, 4.69) is 4.74 Å². The van der Waals surface area contributed by atoms with Gasteiger partial charge in [0, 0.05) is 5.02 Å². The van der Waals surface area contributed by atoms with E-state index in [1.165, 1.54) is 0 Å². The standard InChI is InChI=1S/C8H3ClF6O/c9-5-1-4(7(10,11)12)2-6(3-5)16-8(13,14)15/h1-3H. The highest BCUT2D eigenvalue weighted by atomic mass is 35.5. The van der Waals surface area contributed by atoms with Crippen LogP contribution < -0.4 is 4.74 Å². The topological polar surface area (TPSA) is 9.23 Å². The van der Waals surface area contributed by atoms with Crippen LogP contribution in [-0.4, -0.2) is 6.36 Å². The molecule has 1 aromatic carbocycles. The van der Waals surface area contributed by atoms with Gasteiger partial charge in [0.1, 0.15) is 5.75 Å². The Balaban J connectivity index is 3.09. The molecule has 0 heterocycles. The maximum absolute atomic E-state index is 12.2. The predicted molar refractivity (Wildman–Crippen MR) is 43.1 cm³/mol. The molecule has 0 aliphatic rings. The number of ether oxygens (including phenoxy) is 1. The lowest BCUT2D eigenvalue weighted by Crippen LogP contribution is -2.17. The molecule has 1 aromatic rings. The zero-order chi connectivity index (χ0) is 12.6. The first-order valence-electron chi connectivity index (χ1n) is 3.71. The van der Waals surface area contributed by atoms with Crippen molar-refractivity contribution in [3.63, 3.8) is 0 Å². The molecule has 0 N–H and O–H groups in total. The quantitative estimate of drug-likeness (QED) is 0.689. The first kappa shape index (κ1) is 13.0. The van der Waals surface area contributed by atoms with Crippen molar-refractivity contribution < 1.29 is 31.1 Å². The number of benzene rings is 1. The van der Waals surface area contributed by atoms with Gasteiger partial charge >= 0.3 is 12.5 Å². The smallest absolute Gasteiger partial charge is 0.406 e. The van der Waals surface area contributed by atoms with Gasteiger partial charge in [-0.2, -0.15) is 13.2 Å². The van der Waals surface area contributed by atoms with Crippen LogP contribution in [0.3, 0.4) is 0 Å². The lowest BCUT2D eigenvalue weighted by Gasteiger charge is -2.12. The Kier molecular flexibility index (Phi) is 3.27. The molecule has 0 spiro atoms. The van der Waals surface area contributed by atoms with Gasteiger partial charge < -0.3 is 4.74 Å². The van der Waals surface area contributed by atoms with Gasteiger partial charge in [-0.25, -0.2) is 0 Å². The Hall–Kier alpha value is -1.11. The molecule has 0 radical (unpaired) electrons. The Bertz CT molecular complexity index is 383. The summed E-state index contributed by atoms with van der Waals surface area (Å²) in [6.07, 6.45) is -9.85. The molecule has 0 fully saturated rings. The van der Waals surface area contributed by atoms with E-state index in [9.17, 15) is 26.3 Å². The molecule has 0 aliphatic heterocycles. The molecule has 0 amide bonds. The summed E-state index contributed by atoms with van der Waals surface area (Å²) in [5.74, 6) is -1.01. The second-order valence-electron chi connectivity index (χ2n) is 2.72. The van der Waals surface area contributed by atoms with Crippen molar-refractivity contribution in [2.45, 2.75) is 12.5 Å². The Labute approximate surface area is 90.6 Å². The summed E-state index contributed by atoms with van der Waals surface area (Å²) in [7, 11) is 0. The SMILES string of the molecule is FC(F)(F)Oc1cc(Cl)cc(C(F)(F)F)c1. The van der Waals surface area contributed by atoms with Gasteiger partial charge in [-0.3, -0.25) is 0 Å². The zero-order valence-corrected chi connectivity index (χ0v) is 8.04. The maximum atomic E-state index is 12.2. The largest absolute Gasteiger partial charge is 0.573 e. The lowest BCUT2D eigenvalue weighted by molar-refractivity contribution is -0.274. The van der Waals surface area contributed by atoms with E-state index in [0.717, 1.165) is 0 Å². The molecule has 0 unspecified atom stereocenters. The van der Waals surface area contributed by atoms with Crippen LogP contribution >= 0.6 is 11.6 Å². The first-order valence-corrected chi connectivity index (χ1v) is 4.09. The monoisotopic (exact) mass is 264 g/mol. The van der Waals surface area contributed by atoms with Gasteiger partial charge in [-0.1, -0.05) is 11.6 Å². The molecule has 0 aromatic heterocycles. The van der Waals surface area contributed by atoms with E-state index in [-0.39, 0.29) is 6.07 Å². The van der Waals surface area contributed by atoms with Crippen molar-refractivity contribution in [2.75, 3.05) is 0 Å². The van der Waals surface area contributed by atoms with Crippen LogP contribution in [0.5, 0.6) is 5.75 Å². The summed E-state index contributed by atoms with van der Waals surface area (Å²) < 4.78 is 75.2. The molecule has 90 valence electrons. The summed E-state index contributed by atoms with van der Waals surface area (Å²) in [6, 6.07) is 1.37. The van der Waals surface area contributed by atoms with Gasteiger partial charge in [0.05, 0.1) is 5.56 Å². The first-order chi connectivity index (χ1) is 7.08. The van der Waals surface area contributed by atoms with Gasteiger partial charge in [0.15, 0.2) is 0 Å². The molecular formula is C8H3ClF6O. The number of alkyl halides is 6. The van der Waals surface area contributed by atoms with Crippen molar-refractivity contribution in [2.24, 2.45) is 0 Å². The van der Waals surface area contributed by atoms with Crippen molar-refractivity contribution in [1.29, 1.82) is 0 Å². The average molecular weight is 265 g/mol. The summed E-state index contributed by atoms with van der Waals surface area (Å²) in [4.78, 5) is 0. The molecule has 0 saturated heterocycles. The minimum atomic E-state index is -5.06. The highest BCUT2D eigenvalue weighted by Gasteiger charge is 2.34. The van der Waals surface area contributed by atoms with Gasteiger partial charge in [-0.15, -0.1) is 13.2 Å². The molecule has 1 rings (SSSR count). The number of hydrogen-bond acceptors (Lipinski definition) is 1. The van der Waals surface area contributed by atoms with Crippen LogP contribution in [0.2, 0.25) is 5.02 Å². The van der Waals surface area contributed by atoms with Crippen LogP contribution in [-0.2, 0) is 6.18 Å². The fourth-order valence-corrected chi connectivity index (χ4v) is 1.14. The summed E-state index contributed by atoms with van der Waals surface area (Å²) >= 11 is 5.24. The third-order valence-electron chi connectivity index (χ3n) is 1.43. The Morgan fingerprint density at radius 3 is 1.94 bits per heavy atom. The van der Waals surface area contributed by atoms with E-state index in [4.69, 9.17) is 11.6 Å². The Morgan fingerprint density at radius 2 is 1.50 bits per heavy atom. The fourth-order valence-electron chi connectivity index (χ4n) is 0.919. The average Bonchev–Trinajstić information content (AvgIpc) is 1.97. The van der Waals surface area contributed by atoms with Crippen LogP contribution in [0.15, 0.2) is 18.2 Å². The maximum Gasteiger partial charge on any atom is 0.573 e. The Morgan fingerprint density at radius 1 is 0.938 bits per heavy atom. The second kappa shape index (κ2) is 4.04. The molecule has 16 heavy (non-hydrogen) atoms. The molecule has 0 saturated carbocycles. The highest BCUT2D eigenvalue weighted by molar-refractivity contribution is 6.30. The van der Waals surface area contributed by atoms with Crippen LogP contribution in [0.1, 0.15) is 5.56 Å². The fraction of sp³-hybridized carbons (Fsp3) is 0.250. The molecule has 0 bridgehead atoms. The third kappa shape index (κ3) is 3.80. The van der Waals surface area contributed by atoms with Crippen LogP contribution in [0.4, 0.5) is 26.3 Å². The number of halogens is 7. The van der Waals surface area contributed by atoms with Crippen molar-refractivity contribution in [3.8, 4) is 5.75 Å². The summed E-state index contributed by atoms with van der Waals surface area (Å²) in [5, 5.41) is -0.492. The second-order valence-corrected chi connectivity index (χ2v) is 3.16.